The molecule has 3 aromatic rings. The maximum absolute atomic E-state index is 14.8. The van der Waals surface area contributed by atoms with Crippen LogP contribution in [0.2, 0.25) is 0 Å². The first kappa shape index (κ1) is 23.1. The number of benzene rings is 3. The molecule has 174 valence electrons. The van der Waals surface area contributed by atoms with Gasteiger partial charge in [0.2, 0.25) is 0 Å². The van der Waals surface area contributed by atoms with Crippen LogP contribution < -0.4 is 4.74 Å². The highest BCUT2D eigenvalue weighted by Crippen LogP contribution is 2.38. The van der Waals surface area contributed by atoms with E-state index in [9.17, 15) is 30.7 Å². The summed E-state index contributed by atoms with van der Waals surface area (Å²) in [6.45, 7) is 0. The van der Waals surface area contributed by atoms with Crippen molar-refractivity contribution in [1.82, 2.24) is 0 Å². The summed E-state index contributed by atoms with van der Waals surface area (Å²) in [6, 6.07) is 7.74. The van der Waals surface area contributed by atoms with Crippen LogP contribution in [0.1, 0.15) is 49.1 Å². The number of alkyl halides is 2. The highest BCUT2D eigenvalue weighted by molar-refractivity contribution is 5.65. The fourth-order valence-corrected chi connectivity index (χ4v) is 4.16. The number of rotatable bonds is 5. The number of hydrogen-bond acceptors (Lipinski definition) is 1. The third-order valence-corrected chi connectivity index (χ3v) is 5.89. The van der Waals surface area contributed by atoms with E-state index >= 15 is 0 Å². The zero-order valence-corrected chi connectivity index (χ0v) is 17.3. The Morgan fingerprint density at radius 1 is 0.697 bits per heavy atom. The van der Waals surface area contributed by atoms with E-state index in [0.717, 1.165) is 56.4 Å². The van der Waals surface area contributed by atoms with Gasteiger partial charge in [-0.25, -0.2) is 22.0 Å². The molecule has 4 rings (SSSR count). The molecule has 0 aliphatic heterocycles. The molecule has 0 atom stereocenters. The van der Waals surface area contributed by atoms with Crippen LogP contribution >= 0.6 is 0 Å². The average molecular weight is 468 g/mol. The van der Waals surface area contributed by atoms with Crippen LogP contribution in [0.3, 0.4) is 0 Å². The molecule has 0 spiro atoms. The predicted molar refractivity (Wildman–Crippen MR) is 108 cm³/mol. The quantitative estimate of drug-likeness (QED) is 0.271. The fraction of sp³-hybridized carbons (Fsp3) is 0.280. The lowest BCUT2D eigenvalue weighted by Gasteiger charge is -2.23. The second-order valence-corrected chi connectivity index (χ2v) is 8.06. The van der Waals surface area contributed by atoms with Crippen LogP contribution in [0.15, 0.2) is 48.5 Å². The topological polar surface area (TPSA) is 9.23 Å². The SMILES string of the molecule is Fc1cc(OC(F)(F)c2ccc(-c3ccc(C4CCCCC4)c(F)c3F)cc2)cc(F)c1F. The minimum atomic E-state index is -4.02. The van der Waals surface area contributed by atoms with Crippen LogP contribution in [0, 0.1) is 29.1 Å². The second-order valence-electron chi connectivity index (χ2n) is 8.06. The normalized spacial score (nSPS) is 15.0. The highest BCUT2D eigenvalue weighted by Gasteiger charge is 2.35. The van der Waals surface area contributed by atoms with Gasteiger partial charge >= 0.3 is 6.11 Å². The molecule has 0 radical (unpaired) electrons. The summed E-state index contributed by atoms with van der Waals surface area (Å²) in [7, 11) is 0. The smallest absolute Gasteiger partial charge is 0.426 e. The fourth-order valence-electron chi connectivity index (χ4n) is 4.16. The zero-order chi connectivity index (χ0) is 23.8. The van der Waals surface area contributed by atoms with Gasteiger partial charge in [0, 0.05) is 17.7 Å². The molecule has 0 amide bonds. The molecule has 1 nitrogen and oxygen atoms in total. The molecule has 0 saturated heterocycles. The Bertz CT molecular complexity index is 1130. The third-order valence-electron chi connectivity index (χ3n) is 5.89. The standard InChI is InChI=1S/C25H19F7O/c26-20-12-17(13-21(27)24(20)30)33-25(31,32)16-8-6-15(7-9-16)19-11-10-18(22(28)23(19)29)14-4-2-1-3-5-14/h6-14H,1-5H2. The molecule has 0 N–H and O–H groups in total. The van der Waals surface area contributed by atoms with Crippen molar-refractivity contribution in [1.29, 1.82) is 0 Å². The van der Waals surface area contributed by atoms with Gasteiger partial charge in [-0.05, 0) is 42.0 Å². The monoisotopic (exact) mass is 468 g/mol. The van der Waals surface area contributed by atoms with Crippen LogP contribution in [0.4, 0.5) is 30.7 Å². The van der Waals surface area contributed by atoms with E-state index in [1.165, 1.54) is 12.1 Å². The lowest BCUT2D eigenvalue weighted by atomic mass is 9.83. The van der Waals surface area contributed by atoms with Crippen molar-refractivity contribution in [3.05, 3.63) is 88.7 Å². The molecule has 0 unspecified atom stereocenters. The number of ether oxygens (including phenoxy) is 1. The van der Waals surface area contributed by atoms with Crippen molar-refractivity contribution >= 4 is 0 Å². The van der Waals surface area contributed by atoms with E-state index in [0.29, 0.717) is 17.7 Å². The summed E-state index contributed by atoms with van der Waals surface area (Å²) in [6.07, 6.45) is 0.557. The Balaban J connectivity index is 1.57. The van der Waals surface area contributed by atoms with Crippen molar-refractivity contribution in [2.75, 3.05) is 0 Å². The molecule has 1 aliphatic rings. The van der Waals surface area contributed by atoms with Gasteiger partial charge in [0.25, 0.3) is 0 Å². The van der Waals surface area contributed by atoms with Crippen LogP contribution in [0.25, 0.3) is 11.1 Å². The Labute approximate surface area is 185 Å². The van der Waals surface area contributed by atoms with Crippen LogP contribution in [-0.2, 0) is 6.11 Å². The molecule has 3 aromatic carbocycles. The Hall–Kier alpha value is -3.03. The van der Waals surface area contributed by atoms with Gasteiger partial charge in [-0.2, -0.15) is 8.78 Å². The third kappa shape index (κ3) is 4.70. The van der Waals surface area contributed by atoms with Gasteiger partial charge in [-0.1, -0.05) is 43.5 Å². The molecule has 33 heavy (non-hydrogen) atoms. The first-order valence-electron chi connectivity index (χ1n) is 10.5. The highest BCUT2D eigenvalue weighted by atomic mass is 19.3. The summed E-state index contributed by atoms with van der Waals surface area (Å²) in [5.41, 5.74) is -0.284. The van der Waals surface area contributed by atoms with Crippen molar-refractivity contribution in [3.8, 4) is 16.9 Å². The first-order valence-corrected chi connectivity index (χ1v) is 10.5. The van der Waals surface area contributed by atoms with Gasteiger partial charge in [0.1, 0.15) is 5.75 Å². The largest absolute Gasteiger partial charge is 0.429 e. The van der Waals surface area contributed by atoms with E-state index in [2.05, 4.69) is 4.74 Å². The van der Waals surface area contributed by atoms with E-state index < -0.39 is 46.5 Å². The second kappa shape index (κ2) is 9.08. The molecule has 0 bridgehead atoms. The van der Waals surface area contributed by atoms with Gasteiger partial charge in [-0.3, -0.25) is 0 Å². The lowest BCUT2D eigenvalue weighted by molar-refractivity contribution is -0.185. The molecule has 0 aromatic heterocycles. The Morgan fingerprint density at radius 3 is 1.91 bits per heavy atom. The molecule has 0 heterocycles. The predicted octanol–water partition coefficient (Wildman–Crippen LogP) is 8.23. The van der Waals surface area contributed by atoms with Gasteiger partial charge in [-0.15, -0.1) is 0 Å². The molecular weight excluding hydrogens is 449 g/mol. The van der Waals surface area contributed by atoms with E-state index in [1.807, 2.05) is 0 Å². The lowest BCUT2D eigenvalue weighted by Crippen LogP contribution is -2.22. The average Bonchev–Trinajstić information content (AvgIpc) is 2.79. The van der Waals surface area contributed by atoms with Gasteiger partial charge in [0.05, 0.1) is 5.56 Å². The Kier molecular flexibility index (Phi) is 6.36. The molecule has 1 aliphatic carbocycles. The molecule has 1 fully saturated rings. The van der Waals surface area contributed by atoms with Gasteiger partial charge in [0.15, 0.2) is 29.1 Å². The maximum atomic E-state index is 14.8. The minimum Gasteiger partial charge on any atom is -0.429 e. The first-order chi connectivity index (χ1) is 15.7. The number of hydrogen-bond donors (Lipinski definition) is 0. The zero-order valence-electron chi connectivity index (χ0n) is 17.3. The summed E-state index contributed by atoms with van der Waals surface area (Å²) >= 11 is 0. The van der Waals surface area contributed by atoms with Crippen LogP contribution in [-0.4, -0.2) is 0 Å². The van der Waals surface area contributed by atoms with Crippen molar-refractivity contribution in [2.24, 2.45) is 0 Å². The summed E-state index contributed by atoms with van der Waals surface area (Å²) in [5.74, 6) is -8.09. The van der Waals surface area contributed by atoms with Crippen molar-refractivity contribution in [2.45, 2.75) is 44.1 Å². The summed E-state index contributed by atoms with van der Waals surface area (Å²) < 4.78 is 102. The Morgan fingerprint density at radius 2 is 1.30 bits per heavy atom. The summed E-state index contributed by atoms with van der Waals surface area (Å²) in [5, 5.41) is 0. The van der Waals surface area contributed by atoms with E-state index in [1.54, 1.807) is 0 Å². The van der Waals surface area contributed by atoms with Gasteiger partial charge < -0.3 is 4.74 Å². The summed E-state index contributed by atoms with van der Waals surface area (Å²) in [4.78, 5) is 0. The van der Waals surface area contributed by atoms with E-state index in [4.69, 9.17) is 0 Å². The maximum Gasteiger partial charge on any atom is 0.426 e. The molecular formula is C25H19F7O. The van der Waals surface area contributed by atoms with Crippen molar-refractivity contribution in [3.63, 3.8) is 0 Å². The van der Waals surface area contributed by atoms with Crippen molar-refractivity contribution < 1.29 is 35.5 Å². The van der Waals surface area contributed by atoms with E-state index in [-0.39, 0.29) is 17.0 Å². The minimum absolute atomic E-state index is 0.0401. The molecule has 8 heteroatoms. The number of halogens is 7. The molecule has 1 saturated carbocycles. The van der Waals surface area contributed by atoms with Crippen LogP contribution in [0.5, 0.6) is 5.75 Å².